The van der Waals surface area contributed by atoms with E-state index in [1.165, 1.54) is 6.42 Å². The van der Waals surface area contributed by atoms with Crippen molar-refractivity contribution in [2.24, 2.45) is 21.5 Å². The Morgan fingerprint density at radius 3 is 2.38 bits per heavy atom. The van der Waals surface area contributed by atoms with Crippen molar-refractivity contribution in [2.45, 2.75) is 37.8 Å². The third-order valence-electron chi connectivity index (χ3n) is 5.69. The quantitative estimate of drug-likeness (QED) is 0.829. The Kier molecular flexibility index (Phi) is 5.05. The number of hydrogen-bond acceptors (Lipinski definition) is 7. The first kappa shape index (κ1) is 19.1. The van der Waals surface area contributed by atoms with Crippen molar-refractivity contribution in [1.29, 1.82) is 0 Å². The Morgan fingerprint density at radius 2 is 1.66 bits per heavy atom. The summed E-state index contributed by atoms with van der Waals surface area (Å²) in [6, 6.07) is 14.0. The minimum absolute atomic E-state index is 0.254. The number of aliphatic imine (C=N–C) groups is 2. The number of nitrogens with zero attached hydrogens (tertiary/aromatic N) is 3. The predicted octanol–water partition coefficient (Wildman–Crippen LogP) is 3.48. The predicted molar refractivity (Wildman–Crippen MR) is 117 cm³/mol. The molecule has 1 saturated carbocycles. The van der Waals surface area contributed by atoms with Crippen LogP contribution in [0.15, 0.2) is 52.4 Å². The fraction of sp³-hybridized carbons (Fsp3) is 0.364. The molecule has 0 radical (unpaired) electrons. The second-order valence-electron chi connectivity index (χ2n) is 7.41. The summed E-state index contributed by atoms with van der Waals surface area (Å²) in [6.07, 6.45) is 5.14. The number of anilines is 1. The highest BCUT2D eigenvalue weighted by molar-refractivity contribution is 6.07. The minimum atomic E-state index is -0.485. The van der Waals surface area contributed by atoms with Gasteiger partial charge in [-0.05, 0) is 49.4 Å². The van der Waals surface area contributed by atoms with Crippen LogP contribution in [0.5, 0.6) is 11.5 Å². The summed E-state index contributed by atoms with van der Waals surface area (Å²) in [4.78, 5) is 11.1. The summed E-state index contributed by atoms with van der Waals surface area (Å²) in [6.45, 7) is 0. The van der Waals surface area contributed by atoms with Gasteiger partial charge in [-0.15, -0.1) is 0 Å². The molecular weight excluding hydrogens is 366 g/mol. The molecule has 1 aliphatic carbocycles. The second kappa shape index (κ2) is 7.66. The van der Waals surface area contributed by atoms with Crippen molar-refractivity contribution < 1.29 is 9.47 Å². The van der Waals surface area contributed by atoms with Crippen LogP contribution in [-0.4, -0.2) is 31.8 Å². The zero-order valence-electron chi connectivity index (χ0n) is 16.9. The third kappa shape index (κ3) is 3.37. The molecule has 0 atom stereocenters. The first-order chi connectivity index (χ1) is 14.1. The number of nitrogens with two attached hydrogens (primary N) is 2. The van der Waals surface area contributed by atoms with Gasteiger partial charge in [-0.25, -0.2) is 4.99 Å². The van der Waals surface area contributed by atoms with Crippen LogP contribution in [0.1, 0.15) is 32.1 Å². The lowest BCUT2D eigenvalue weighted by molar-refractivity contribution is 0.305. The normalized spacial score (nSPS) is 18.2. The Hall–Kier alpha value is -3.22. The fourth-order valence-corrected chi connectivity index (χ4v) is 4.39. The SMILES string of the molecule is COc1ccc(-c2ccccc2N2C(N)=NC(N)=NC23CCCCC3)cc1OC. The van der Waals surface area contributed by atoms with E-state index in [1.807, 2.05) is 30.3 Å². The molecule has 1 aliphatic heterocycles. The van der Waals surface area contributed by atoms with Crippen molar-refractivity contribution in [3.05, 3.63) is 42.5 Å². The van der Waals surface area contributed by atoms with E-state index in [0.29, 0.717) is 17.5 Å². The molecule has 0 bridgehead atoms. The molecule has 152 valence electrons. The van der Waals surface area contributed by atoms with Gasteiger partial charge in [-0.2, -0.15) is 4.99 Å². The van der Waals surface area contributed by atoms with Crippen LogP contribution < -0.4 is 25.8 Å². The van der Waals surface area contributed by atoms with Crippen LogP contribution in [0.25, 0.3) is 11.1 Å². The lowest BCUT2D eigenvalue weighted by atomic mass is 9.86. The maximum Gasteiger partial charge on any atom is 0.220 e. The smallest absolute Gasteiger partial charge is 0.220 e. The Labute approximate surface area is 171 Å². The average molecular weight is 393 g/mol. The summed E-state index contributed by atoms with van der Waals surface area (Å²) >= 11 is 0. The van der Waals surface area contributed by atoms with Gasteiger partial charge in [-0.3, -0.25) is 4.90 Å². The summed E-state index contributed by atoms with van der Waals surface area (Å²) in [5, 5.41) is 0. The van der Waals surface area contributed by atoms with Gasteiger partial charge in [0.2, 0.25) is 11.9 Å². The maximum absolute atomic E-state index is 6.43. The van der Waals surface area contributed by atoms with E-state index in [4.69, 9.17) is 25.9 Å². The van der Waals surface area contributed by atoms with Crippen molar-refractivity contribution in [3.8, 4) is 22.6 Å². The van der Waals surface area contributed by atoms with E-state index in [1.54, 1.807) is 14.2 Å². The van der Waals surface area contributed by atoms with E-state index in [-0.39, 0.29) is 5.96 Å². The third-order valence-corrected chi connectivity index (χ3v) is 5.69. The van der Waals surface area contributed by atoms with Crippen LogP contribution in [0.3, 0.4) is 0 Å². The van der Waals surface area contributed by atoms with E-state index in [9.17, 15) is 0 Å². The van der Waals surface area contributed by atoms with Crippen LogP contribution in [0.2, 0.25) is 0 Å². The highest BCUT2D eigenvalue weighted by Gasteiger charge is 2.43. The van der Waals surface area contributed by atoms with Gasteiger partial charge in [0.25, 0.3) is 0 Å². The molecule has 29 heavy (non-hydrogen) atoms. The number of benzene rings is 2. The molecule has 2 aliphatic rings. The molecular formula is C22H27N5O2. The zero-order valence-corrected chi connectivity index (χ0v) is 16.9. The molecule has 2 aromatic carbocycles. The minimum Gasteiger partial charge on any atom is -0.493 e. The summed E-state index contributed by atoms with van der Waals surface area (Å²) < 4.78 is 10.9. The summed E-state index contributed by atoms with van der Waals surface area (Å²) in [5.74, 6) is 2.00. The zero-order chi connectivity index (χ0) is 20.4. The number of para-hydroxylation sites is 1. The Balaban J connectivity index is 1.85. The standard InChI is InChI=1S/C22H27N5O2/c1-28-18-11-10-15(14-19(18)29-2)16-8-4-5-9-17(16)27-21(24)25-20(23)26-22(27)12-6-3-7-13-22/h4-5,8-11,14H,3,6-7,12-13H2,1-2H3,(H4,23,24,25,26). The topological polar surface area (TPSA) is 98.5 Å². The molecule has 1 heterocycles. The number of hydrogen-bond donors (Lipinski definition) is 2. The molecule has 1 spiro atoms. The van der Waals surface area contributed by atoms with Crippen LogP contribution in [-0.2, 0) is 0 Å². The van der Waals surface area contributed by atoms with Crippen molar-refractivity contribution in [2.75, 3.05) is 19.1 Å². The molecule has 0 aromatic heterocycles. The van der Waals surface area contributed by atoms with E-state index < -0.39 is 5.66 Å². The van der Waals surface area contributed by atoms with E-state index >= 15 is 0 Å². The summed E-state index contributed by atoms with van der Waals surface area (Å²) in [7, 11) is 3.27. The monoisotopic (exact) mass is 393 g/mol. The number of rotatable bonds is 4. The Bertz CT molecular complexity index is 963. The number of methoxy groups -OCH3 is 2. The molecule has 0 amide bonds. The van der Waals surface area contributed by atoms with Gasteiger partial charge in [0.05, 0.1) is 19.9 Å². The highest BCUT2D eigenvalue weighted by atomic mass is 16.5. The molecule has 4 N–H and O–H groups in total. The average Bonchev–Trinajstić information content (AvgIpc) is 2.73. The van der Waals surface area contributed by atoms with Crippen molar-refractivity contribution >= 4 is 17.6 Å². The largest absolute Gasteiger partial charge is 0.493 e. The van der Waals surface area contributed by atoms with E-state index in [2.05, 4.69) is 22.0 Å². The first-order valence-corrected chi connectivity index (χ1v) is 9.89. The molecule has 2 aromatic rings. The van der Waals surface area contributed by atoms with E-state index in [0.717, 1.165) is 42.5 Å². The van der Waals surface area contributed by atoms with Crippen LogP contribution >= 0.6 is 0 Å². The van der Waals surface area contributed by atoms with Gasteiger partial charge in [0, 0.05) is 5.56 Å². The first-order valence-electron chi connectivity index (χ1n) is 9.89. The van der Waals surface area contributed by atoms with Crippen molar-refractivity contribution in [3.63, 3.8) is 0 Å². The second-order valence-corrected chi connectivity index (χ2v) is 7.41. The number of ether oxygens (including phenoxy) is 2. The fourth-order valence-electron chi connectivity index (χ4n) is 4.39. The molecule has 4 rings (SSSR count). The van der Waals surface area contributed by atoms with Gasteiger partial charge in [0.15, 0.2) is 11.5 Å². The van der Waals surface area contributed by atoms with Crippen molar-refractivity contribution in [1.82, 2.24) is 0 Å². The molecule has 7 heteroatoms. The van der Waals surface area contributed by atoms with Gasteiger partial charge >= 0.3 is 0 Å². The van der Waals surface area contributed by atoms with Gasteiger partial charge in [-0.1, -0.05) is 30.7 Å². The molecule has 7 nitrogen and oxygen atoms in total. The molecule has 1 fully saturated rings. The molecule has 0 saturated heterocycles. The highest BCUT2D eigenvalue weighted by Crippen LogP contribution is 2.43. The lowest BCUT2D eigenvalue weighted by Gasteiger charge is -2.46. The lowest BCUT2D eigenvalue weighted by Crippen LogP contribution is -2.58. The van der Waals surface area contributed by atoms with Crippen LogP contribution in [0, 0.1) is 0 Å². The Morgan fingerprint density at radius 1 is 0.931 bits per heavy atom. The summed E-state index contributed by atoms with van der Waals surface area (Å²) in [5.41, 5.74) is 14.9. The van der Waals surface area contributed by atoms with Gasteiger partial charge < -0.3 is 20.9 Å². The van der Waals surface area contributed by atoms with Gasteiger partial charge in [0.1, 0.15) is 5.66 Å². The number of guanidine groups is 2. The van der Waals surface area contributed by atoms with Crippen LogP contribution in [0.4, 0.5) is 5.69 Å². The maximum atomic E-state index is 6.43. The molecule has 0 unspecified atom stereocenters.